The number of carbonyl (C=O) groups excluding carboxylic acids is 1. The minimum absolute atomic E-state index is 0.0180. The first-order chi connectivity index (χ1) is 7.10. The van der Waals surface area contributed by atoms with E-state index in [0.29, 0.717) is 13.0 Å². The number of aliphatic hydroxyl groups is 1. The smallest absolute Gasteiger partial charge is 0.307 e. The summed E-state index contributed by atoms with van der Waals surface area (Å²) in [5.41, 5.74) is 2.54. The Morgan fingerprint density at radius 1 is 1.53 bits per heavy atom. The number of hydrogen-bond donors (Lipinski definition) is 1. The van der Waals surface area contributed by atoms with Crippen molar-refractivity contribution in [3.05, 3.63) is 17.0 Å². The van der Waals surface area contributed by atoms with Crippen LogP contribution >= 0.6 is 0 Å². The lowest BCUT2D eigenvalue weighted by molar-refractivity contribution is -0.140. The van der Waals surface area contributed by atoms with E-state index in [9.17, 15) is 4.79 Å². The van der Waals surface area contributed by atoms with Gasteiger partial charge in [0, 0.05) is 11.3 Å². The Morgan fingerprint density at radius 2 is 2.20 bits per heavy atom. The van der Waals surface area contributed by atoms with Crippen molar-refractivity contribution in [3.63, 3.8) is 0 Å². The zero-order chi connectivity index (χ0) is 11.4. The quantitative estimate of drug-likeness (QED) is 0.740. The van der Waals surface area contributed by atoms with Gasteiger partial charge in [0.1, 0.15) is 0 Å². The van der Waals surface area contributed by atoms with E-state index < -0.39 is 0 Å². The molecule has 1 N–H and O–H groups in total. The lowest BCUT2D eigenvalue weighted by Gasteiger charge is -2.03. The molecule has 1 aromatic rings. The van der Waals surface area contributed by atoms with E-state index in [4.69, 9.17) is 5.11 Å². The van der Waals surface area contributed by atoms with Crippen molar-refractivity contribution in [1.82, 2.24) is 9.78 Å². The van der Waals surface area contributed by atoms with E-state index in [1.807, 2.05) is 13.8 Å². The highest BCUT2D eigenvalue weighted by Gasteiger charge is 2.11. The molecule has 0 amide bonds. The third kappa shape index (κ3) is 2.56. The topological polar surface area (TPSA) is 64.4 Å². The van der Waals surface area contributed by atoms with Crippen molar-refractivity contribution < 1.29 is 14.6 Å². The number of nitrogens with zero attached hydrogens (tertiary/aromatic N) is 2. The van der Waals surface area contributed by atoms with Gasteiger partial charge in [0.05, 0.1) is 32.4 Å². The summed E-state index contributed by atoms with van der Waals surface area (Å²) in [6.45, 7) is 4.19. The van der Waals surface area contributed by atoms with Crippen LogP contribution in [0.15, 0.2) is 0 Å². The van der Waals surface area contributed by atoms with E-state index in [0.717, 1.165) is 17.0 Å². The Balaban J connectivity index is 2.74. The first kappa shape index (κ1) is 11.7. The Kier molecular flexibility index (Phi) is 3.85. The number of aromatic nitrogens is 2. The average molecular weight is 212 g/mol. The molecule has 0 aliphatic heterocycles. The van der Waals surface area contributed by atoms with Gasteiger partial charge in [-0.05, 0) is 13.8 Å². The lowest BCUT2D eigenvalue weighted by atomic mass is 10.2. The van der Waals surface area contributed by atoms with Crippen molar-refractivity contribution in [2.45, 2.75) is 33.4 Å². The molecule has 0 radical (unpaired) electrons. The maximum absolute atomic E-state index is 10.9. The van der Waals surface area contributed by atoms with Crippen molar-refractivity contribution in [2.24, 2.45) is 0 Å². The van der Waals surface area contributed by atoms with Crippen LogP contribution < -0.4 is 0 Å². The molecule has 5 heteroatoms. The fourth-order valence-electron chi connectivity index (χ4n) is 1.48. The molecular weight excluding hydrogens is 196 g/mol. The first-order valence-corrected chi connectivity index (χ1v) is 4.80. The van der Waals surface area contributed by atoms with E-state index in [1.54, 1.807) is 4.68 Å². The minimum Gasteiger partial charge on any atom is -0.469 e. The fraction of sp³-hybridized carbons (Fsp3) is 0.600. The van der Waals surface area contributed by atoms with Crippen LogP contribution in [0, 0.1) is 13.8 Å². The molecule has 15 heavy (non-hydrogen) atoms. The number of hydrogen-bond acceptors (Lipinski definition) is 4. The molecule has 0 saturated heterocycles. The van der Waals surface area contributed by atoms with Gasteiger partial charge in [-0.1, -0.05) is 0 Å². The molecular formula is C10H16N2O3. The van der Waals surface area contributed by atoms with Crippen LogP contribution in [0.1, 0.15) is 23.4 Å². The van der Waals surface area contributed by atoms with Crippen molar-refractivity contribution >= 4 is 5.97 Å². The van der Waals surface area contributed by atoms with Crippen LogP contribution in [0.4, 0.5) is 0 Å². The molecule has 0 aromatic carbocycles. The maximum Gasteiger partial charge on any atom is 0.307 e. The highest BCUT2D eigenvalue weighted by Crippen LogP contribution is 2.12. The zero-order valence-electron chi connectivity index (χ0n) is 9.28. The van der Waals surface area contributed by atoms with Gasteiger partial charge in [0.15, 0.2) is 0 Å². The van der Waals surface area contributed by atoms with Gasteiger partial charge in [-0.15, -0.1) is 0 Å². The van der Waals surface area contributed by atoms with Crippen LogP contribution in [-0.4, -0.2) is 28.0 Å². The minimum atomic E-state index is -0.256. The van der Waals surface area contributed by atoms with E-state index >= 15 is 0 Å². The molecule has 0 fully saturated rings. The largest absolute Gasteiger partial charge is 0.469 e. The zero-order valence-corrected chi connectivity index (χ0v) is 9.28. The summed E-state index contributed by atoms with van der Waals surface area (Å²) < 4.78 is 6.27. The number of rotatable bonds is 4. The molecule has 0 bridgehead atoms. The Labute approximate surface area is 88.7 Å². The van der Waals surface area contributed by atoms with Crippen LogP contribution in [0.3, 0.4) is 0 Å². The molecule has 1 rings (SSSR count). The maximum atomic E-state index is 10.9. The molecule has 0 aliphatic rings. The van der Waals surface area contributed by atoms with Gasteiger partial charge in [-0.3, -0.25) is 9.48 Å². The molecule has 1 heterocycles. The molecule has 0 spiro atoms. The molecule has 1 aromatic heterocycles. The van der Waals surface area contributed by atoms with Gasteiger partial charge in [0.25, 0.3) is 0 Å². The number of aryl methyl sites for hydroxylation is 2. The van der Waals surface area contributed by atoms with Crippen molar-refractivity contribution in [2.75, 3.05) is 7.11 Å². The van der Waals surface area contributed by atoms with Gasteiger partial charge >= 0.3 is 5.97 Å². The highest BCUT2D eigenvalue weighted by molar-refractivity contribution is 5.68. The number of esters is 1. The van der Waals surface area contributed by atoms with E-state index in [1.165, 1.54) is 7.11 Å². The standard InChI is InChI=1S/C10H16N2O3/c1-7-9(6-13)8(2)12(11-7)5-4-10(14)15-3/h13H,4-6H2,1-3H3. The second-order valence-corrected chi connectivity index (χ2v) is 3.36. The van der Waals surface area contributed by atoms with Crippen LogP contribution in [-0.2, 0) is 22.7 Å². The molecule has 0 atom stereocenters. The lowest BCUT2D eigenvalue weighted by Crippen LogP contribution is -2.09. The summed E-state index contributed by atoms with van der Waals surface area (Å²) in [7, 11) is 1.36. The molecule has 0 unspecified atom stereocenters. The monoisotopic (exact) mass is 212 g/mol. The number of methoxy groups -OCH3 is 1. The van der Waals surface area contributed by atoms with Crippen LogP contribution in [0.5, 0.6) is 0 Å². The third-order valence-corrected chi connectivity index (χ3v) is 2.44. The summed E-state index contributed by atoms with van der Waals surface area (Å²) in [5, 5.41) is 13.3. The SMILES string of the molecule is COC(=O)CCn1nc(C)c(CO)c1C. The van der Waals surface area contributed by atoms with Gasteiger partial charge < -0.3 is 9.84 Å². The number of ether oxygens (including phenoxy) is 1. The van der Waals surface area contributed by atoms with Crippen LogP contribution in [0.2, 0.25) is 0 Å². The van der Waals surface area contributed by atoms with Crippen molar-refractivity contribution in [3.8, 4) is 0 Å². The van der Waals surface area contributed by atoms with Crippen LogP contribution in [0.25, 0.3) is 0 Å². The summed E-state index contributed by atoms with van der Waals surface area (Å²) in [4.78, 5) is 10.9. The summed E-state index contributed by atoms with van der Waals surface area (Å²) in [6, 6.07) is 0. The van der Waals surface area contributed by atoms with E-state index in [2.05, 4.69) is 9.84 Å². The fourth-order valence-corrected chi connectivity index (χ4v) is 1.48. The normalized spacial score (nSPS) is 10.4. The molecule has 5 nitrogen and oxygen atoms in total. The Hall–Kier alpha value is -1.36. The summed E-state index contributed by atoms with van der Waals surface area (Å²) >= 11 is 0. The highest BCUT2D eigenvalue weighted by atomic mass is 16.5. The number of carbonyl (C=O) groups is 1. The third-order valence-electron chi connectivity index (χ3n) is 2.44. The second-order valence-electron chi connectivity index (χ2n) is 3.36. The van der Waals surface area contributed by atoms with E-state index in [-0.39, 0.29) is 12.6 Å². The average Bonchev–Trinajstić information content (AvgIpc) is 2.50. The van der Waals surface area contributed by atoms with Gasteiger partial charge in [0.2, 0.25) is 0 Å². The predicted molar refractivity (Wildman–Crippen MR) is 54.3 cm³/mol. The van der Waals surface area contributed by atoms with Gasteiger partial charge in [-0.2, -0.15) is 5.10 Å². The number of aliphatic hydroxyl groups excluding tert-OH is 1. The van der Waals surface area contributed by atoms with Crippen molar-refractivity contribution in [1.29, 1.82) is 0 Å². The molecule has 84 valence electrons. The first-order valence-electron chi connectivity index (χ1n) is 4.80. The predicted octanol–water partition coefficient (Wildman–Crippen LogP) is 0.555. The molecule has 0 aliphatic carbocycles. The summed E-state index contributed by atoms with van der Waals surface area (Å²) in [5.74, 6) is -0.256. The van der Waals surface area contributed by atoms with Gasteiger partial charge in [-0.25, -0.2) is 0 Å². The Morgan fingerprint density at radius 3 is 2.67 bits per heavy atom. The Bertz CT molecular complexity index is 358. The summed E-state index contributed by atoms with van der Waals surface area (Å²) in [6.07, 6.45) is 0.295. The molecule has 0 saturated carbocycles. The second kappa shape index (κ2) is 4.93.